The molecule has 0 aromatic carbocycles. The van der Waals surface area contributed by atoms with Crippen molar-refractivity contribution in [3.8, 4) is 0 Å². The first-order chi connectivity index (χ1) is 7.13. The fourth-order valence-corrected chi connectivity index (χ4v) is 2.28. The number of ether oxygens (including phenoxy) is 1. The summed E-state index contributed by atoms with van der Waals surface area (Å²) in [4.78, 5) is 10.9. The van der Waals surface area contributed by atoms with E-state index in [2.05, 4.69) is 20.4 Å². The monoisotopic (exact) mass is 210 g/mol. The Bertz CT molecular complexity index is 213. The van der Waals surface area contributed by atoms with Crippen LogP contribution in [0, 0.1) is 17.8 Å². The van der Waals surface area contributed by atoms with Crippen molar-refractivity contribution in [2.75, 3.05) is 6.61 Å². The number of carbonyl (C=O) groups is 1. The first-order valence-electron chi connectivity index (χ1n) is 5.92. The minimum absolute atomic E-state index is 0.291. The SMILES string of the molecule is C=CC(=O)OCC1CCC(C(C)C)CC1. The molecular formula is C13H22O2. The van der Waals surface area contributed by atoms with E-state index >= 15 is 0 Å². The summed E-state index contributed by atoms with van der Waals surface area (Å²) in [5, 5.41) is 0. The average molecular weight is 210 g/mol. The van der Waals surface area contributed by atoms with Crippen LogP contribution in [0.5, 0.6) is 0 Å². The molecule has 1 rings (SSSR count). The smallest absolute Gasteiger partial charge is 0.330 e. The maximum atomic E-state index is 10.9. The zero-order chi connectivity index (χ0) is 11.3. The van der Waals surface area contributed by atoms with Crippen LogP contribution in [0.3, 0.4) is 0 Å². The summed E-state index contributed by atoms with van der Waals surface area (Å²) in [6.07, 6.45) is 6.21. The molecule has 1 aliphatic carbocycles. The van der Waals surface area contributed by atoms with Gasteiger partial charge < -0.3 is 4.74 Å². The standard InChI is InChI=1S/C13H22O2/c1-4-13(14)15-9-11-5-7-12(8-6-11)10(2)3/h4,10-12H,1,5-9H2,2-3H3. The average Bonchev–Trinajstić information content (AvgIpc) is 2.26. The number of hydrogen-bond acceptors (Lipinski definition) is 2. The molecule has 2 nitrogen and oxygen atoms in total. The maximum absolute atomic E-state index is 10.9. The summed E-state index contributed by atoms with van der Waals surface area (Å²) in [6, 6.07) is 0. The van der Waals surface area contributed by atoms with Gasteiger partial charge in [-0.15, -0.1) is 0 Å². The summed E-state index contributed by atoms with van der Waals surface area (Å²) in [5.74, 6) is 1.95. The third-order valence-corrected chi connectivity index (χ3v) is 3.46. The lowest BCUT2D eigenvalue weighted by Crippen LogP contribution is -2.22. The van der Waals surface area contributed by atoms with Gasteiger partial charge in [-0.1, -0.05) is 20.4 Å². The van der Waals surface area contributed by atoms with Crippen LogP contribution < -0.4 is 0 Å². The predicted octanol–water partition coefficient (Wildman–Crippen LogP) is 3.18. The fourth-order valence-electron chi connectivity index (χ4n) is 2.28. The highest BCUT2D eigenvalue weighted by Gasteiger charge is 2.23. The van der Waals surface area contributed by atoms with Crippen molar-refractivity contribution in [3.63, 3.8) is 0 Å². The Morgan fingerprint density at radius 1 is 1.40 bits per heavy atom. The highest BCUT2D eigenvalue weighted by molar-refractivity contribution is 5.81. The van der Waals surface area contributed by atoms with Crippen LogP contribution >= 0.6 is 0 Å². The molecule has 86 valence electrons. The molecule has 1 fully saturated rings. The van der Waals surface area contributed by atoms with E-state index in [0.717, 1.165) is 11.8 Å². The molecule has 0 radical (unpaired) electrons. The highest BCUT2D eigenvalue weighted by Crippen LogP contribution is 2.33. The van der Waals surface area contributed by atoms with Gasteiger partial charge in [-0.05, 0) is 43.4 Å². The van der Waals surface area contributed by atoms with Crippen LogP contribution in [0.25, 0.3) is 0 Å². The van der Waals surface area contributed by atoms with Gasteiger partial charge in [-0.3, -0.25) is 0 Å². The fraction of sp³-hybridized carbons (Fsp3) is 0.769. The Morgan fingerprint density at radius 3 is 2.47 bits per heavy atom. The molecule has 0 aromatic heterocycles. The summed E-state index contributed by atoms with van der Waals surface area (Å²) < 4.78 is 5.07. The number of rotatable bonds is 4. The zero-order valence-electron chi connectivity index (χ0n) is 9.87. The molecule has 0 bridgehead atoms. The molecule has 0 amide bonds. The van der Waals surface area contributed by atoms with Crippen LogP contribution in [0.1, 0.15) is 39.5 Å². The van der Waals surface area contributed by atoms with E-state index in [1.165, 1.54) is 31.8 Å². The first kappa shape index (κ1) is 12.3. The second-order valence-corrected chi connectivity index (χ2v) is 4.86. The normalized spacial score (nSPS) is 26.3. The van der Waals surface area contributed by atoms with Crippen molar-refractivity contribution < 1.29 is 9.53 Å². The van der Waals surface area contributed by atoms with E-state index in [-0.39, 0.29) is 5.97 Å². The largest absolute Gasteiger partial charge is 0.462 e. The summed E-state index contributed by atoms with van der Waals surface area (Å²) in [7, 11) is 0. The molecule has 1 saturated carbocycles. The van der Waals surface area contributed by atoms with Crippen molar-refractivity contribution in [2.45, 2.75) is 39.5 Å². The topological polar surface area (TPSA) is 26.3 Å². The van der Waals surface area contributed by atoms with E-state index < -0.39 is 0 Å². The van der Waals surface area contributed by atoms with Crippen LogP contribution in [0.15, 0.2) is 12.7 Å². The van der Waals surface area contributed by atoms with Gasteiger partial charge in [0.15, 0.2) is 0 Å². The van der Waals surface area contributed by atoms with Gasteiger partial charge in [0.05, 0.1) is 6.61 Å². The highest BCUT2D eigenvalue weighted by atomic mass is 16.5. The molecule has 2 heteroatoms. The Balaban J connectivity index is 2.20. The minimum atomic E-state index is -0.291. The summed E-state index contributed by atoms with van der Waals surface area (Å²) in [6.45, 7) is 8.55. The van der Waals surface area contributed by atoms with Crippen molar-refractivity contribution in [1.29, 1.82) is 0 Å². The van der Waals surface area contributed by atoms with Gasteiger partial charge in [0.25, 0.3) is 0 Å². The van der Waals surface area contributed by atoms with E-state index in [4.69, 9.17) is 4.74 Å². The minimum Gasteiger partial charge on any atom is -0.462 e. The lowest BCUT2D eigenvalue weighted by molar-refractivity contribution is -0.139. The Hall–Kier alpha value is -0.790. The van der Waals surface area contributed by atoms with Gasteiger partial charge in [0, 0.05) is 6.08 Å². The van der Waals surface area contributed by atoms with Gasteiger partial charge in [0.1, 0.15) is 0 Å². The van der Waals surface area contributed by atoms with Crippen molar-refractivity contribution in [1.82, 2.24) is 0 Å². The van der Waals surface area contributed by atoms with Crippen LogP contribution in [0.4, 0.5) is 0 Å². The van der Waals surface area contributed by atoms with E-state index in [1.54, 1.807) is 0 Å². The Kier molecular flexibility index (Phi) is 4.86. The van der Waals surface area contributed by atoms with Gasteiger partial charge in [-0.25, -0.2) is 4.79 Å². The number of carbonyl (C=O) groups excluding carboxylic acids is 1. The van der Waals surface area contributed by atoms with E-state index in [0.29, 0.717) is 12.5 Å². The Morgan fingerprint density at radius 2 is 2.00 bits per heavy atom. The quantitative estimate of drug-likeness (QED) is 0.526. The second kappa shape index (κ2) is 5.94. The van der Waals surface area contributed by atoms with Gasteiger partial charge >= 0.3 is 5.97 Å². The molecule has 0 aliphatic heterocycles. The van der Waals surface area contributed by atoms with E-state index in [9.17, 15) is 4.79 Å². The van der Waals surface area contributed by atoms with Gasteiger partial charge in [-0.2, -0.15) is 0 Å². The maximum Gasteiger partial charge on any atom is 0.330 e. The number of esters is 1. The lowest BCUT2D eigenvalue weighted by Gasteiger charge is -2.30. The molecule has 0 N–H and O–H groups in total. The molecule has 0 heterocycles. The molecular weight excluding hydrogens is 188 g/mol. The van der Waals surface area contributed by atoms with Crippen molar-refractivity contribution in [2.24, 2.45) is 17.8 Å². The lowest BCUT2D eigenvalue weighted by atomic mass is 9.77. The summed E-state index contributed by atoms with van der Waals surface area (Å²) in [5.41, 5.74) is 0. The van der Waals surface area contributed by atoms with Crippen LogP contribution in [0.2, 0.25) is 0 Å². The summed E-state index contributed by atoms with van der Waals surface area (Å²) >= 11 is 0. The molecule has 0 saturated heterocycles. The van der Waals surface area contributed by atoms with Gasteiger partial charge in [0.2, 0.25) is 0 Å². The molecule has 1 aliphatic rings. The van der Waals surface area contributed by atoms with Crippen LogP contribution in [-0.4, -0.2) is 12.6 Å². The molecule has 0 atom stereocenters. The third-order valence-electron chi connectivity index (χ3n) is 3.46. The van der Waals surface area contributed by atoms with Crippen molar-refractivity contribution >= 4 is 5.97 Å². The predicted molar refractivity (Wildman–Crippen MR) is 61.4 cm³/mol. The molecule has 0 unspecified atom stereocenters. The number of hydrogen-bond donors (Lipinski definition) is 0. The molecule has 15 heavy (non-hydrogen) atoms. The second-order valence-electron chi connectivity index (χ2n) is 4.86. The molecule has 0 spiro atoms. The Labute approximate surface area is 92.7 Å². The zero-order valence-corrected chi connectivity index (χ0v) is 9.87. The van der Waals surface area contributed by atoms with Crippen LogP contribution in [-0.2, 0) is 9.53 Å². The molecule has 0 aromatic rings. The first-order valence-corrected chi connectivity index (χ1v) is 5.92. The third kappa shape index (κ3) is 4.06. The van der Waals surface area contributed by atoms with E-state index in [1.807, 2.05) is 0 Å². The van der Waals surface area contributed by atoms with Crippen molar-refractivity contribution in [3.05, 3.63) is 12.7 Å².